The third kappa shape index (κ3) is 3.75. The number of rotatable bonds is 3. The monoisotopic (exact) mass is 358 g/mol. The standard InChI is InChI=1S/C18H23FN6O/c19-15-5-6-20-13-14(15)16-21-17(24-7-3-1-2-4-8-24)23-18(22-16)25-9-11-26-12-10-25/h5-6,13H,1-4,7-12H2. The van der Waals surface area contributed by atoms with E-state index < -0.39 is 0 Å². The Bertz CT molecular complexity index is 744. The van der Waals surface area contributed by atoms with Crippen LogP contribution in [0.3, 0.4) is 0 Å². The number of hydrogen-bond donors (Lipinski definition) is 0. The van der Waals surface area contributed by atoms with Crippen LogP contribution >= 0.6 is 0 Å². The number of nitrogens with zero attached hydrogens (tertiary/aromatic N) is 6. The fourth-order valence-electron chi connectivity index (χ4n) is 3.33. The highest BCUT2D eigenvalue weighted by atomic mass is 19.1. The second-order valence-corrected chi connectivity index (χ2v) is 6.62. The Hall–Kier alpha value is -2.35. The molecule has 0 unspecified atom stereocenters. The lowest BCUT2D eigenvalue weighted by Gasteiger charge is -2.28. The Balaban J connectivity index is 1.74. The molecule has 2 aromatic rings. The van der Waals surface area contributed by atoms with Crippen LogP contribution in [0.15, 0.2) is 18.5 Å². The predicted molar refractivity (Wildman–Crippen MR) is 96.7 cm³/mol. The van der Waals surface area contributed by atoms with E-state index in [0.29, 0.717) is 36.5 Å². The molecule has 2 aromatic heterocycles. The molecule has 0 radical (unpaired) electrons. The summed E-state index contributed by atoms with van der Waals surface area (Å²) in [5.74, 6) is 1.18. The first-order valence-corrected chi connectivity index (χ1v) is 9.25. The molecule has 0 N–H and O–H groups in total. The molecule has 4 rings (SSSR count). The molecule has 2 fully saturated rings. The van der Waals surface area contributed by atoms with Crippen LogP contribution < -0.4 is 9.80 Å². The Kier molecular flexibility index (Phi) is 5.19. The molecule has 138 valence electrons. The summed E-state index contributed by atoms with van der Waals surface area (Å²) in [6.07, 6.45) is 7.59. The van der Waals surface area contributed by atoms with Crippen molar-refractivity contribution in [3.8, 4) is 11.4 Å². The van der Waals surface area contributed by atoms with Crippen molar-refractivity contribution in [1.82, 2.24) is 19.9 Å². The molecule has 0 amide bonds. The number of anilines is 2. The van der Waals surface area contributed by atoms with E-state index in [1.807, 2.05) is 0 Å². The van der Waals surface area contributed by atoms with Crippen molar-refractivity contribution in [3.05, 3.63) is 24.3 Å². The van der Waals surface area contributed by atoms with Crippen molar-refractivity contribution in [1.29, 1.82) is 0 Å². The molecule has 4 heterocycles. The molecule has 0 aliphatic carbocycles. The van der Waals surface area contributed by atoms with Gasteiger partial charge in [0.15, 0.2) is 5.82 Å². The lowest BCUT2D eigenvalue weighted by molar-refractivity contribution is 0.122. The zero-order chi connectivity index (χ0) is 17.8. The molecule has 2 saturated heterocycles. The molecule has 8 heteroatoms. The molecular weight excluding hydrogens is 335 g/mol. The molecule has 2 aliphatic heterocycles. The predicted octanol–water partition coefficient (Wildman–Crippen LogP) is 2.29. The van der Waals surface area contributed by atoms with Crippen LogP contribution in [0.2, 0.25) is 0 Å². The summed E-state index contributed by atoms with van der Waals surface area (Å²) in [5, 5.41) is 0. The number of halogens is 1. The first-order valence-electron chi connectivity index (χ1n) is 9.25. The van der Waals surface area contributed by atoms with Gasteiger partial charge in [0.25, 0.3) is 0 Å². The van der Waals surface area contributed by atoms with Crippen molar-refractivity contribution >= 4 is 11.9 Å². The lowest BCUT2D eigenvalue weighted by atomic mass is 10.2. The van der Waals surface area contributed by atoms with Crippen molar-refractivity contribution < 1.29 is 9.13 Å². The van der Waals surface area contributed by atoms with Crippen molar-refractivity contribution in [3.63, 3.8) is 0 Å². The molecule has 0 atom stereocenters. The van der Waals surface area contributed by atoms with E-state index in [0.717, 1.165) is 39.0 Å². The van der Waals surface area contributed by atoms with Crippen LogP contribution in [0.1, 0.15) is 25.7 Å². The SMILES string of the molecule is Fc1ccncc1-c1nc(N2CCCCCC2)nc(N2CCOCC2)n1. The summed E-state index contributed by atoms with van der Waals surface area (Å²) in [6, 6.07) is 1.33. The smallest absolute Gasteiger partial charge is 0.230 e. The van der Waals surface area contributed by atoms with Crippen LogP contribution in [0.4, 0.5) is 16.3 Å². The second-order valence-electron chi connectivity index (χ2n) is 6.62. The van der Waals surface area contributed by atoms with Gasteiger partial charge >= 0.3 is 0 Å². The molecule has 26 heavy (non-hydrogen) atoms. The van der Waals surface area contributed by atoms with Crippen LogP contribution in [0, 0.1) is 5.82 Å². The molecule has 0 bridgehead atoms. The summed E-state index contributed by atoms with van der Waals surface area (Å²) in [4.78, 5) is 22.1. The average molecular weight is 358 g/mol. The van der Waals surface area contributed by atoms with E-state index in [1.54, 1.807) is 0 Å². The fraction of sp³-hybridized carbons (Fsp3) is 0.556. The third-order valence-electron chi connectivity index (χ3n) is 4.80. The minimum Gasteiger partial charge on any atom is -0.378 e. The topological polar surface area (TPSA) is 67.3 Å². The van der Waals surface area contributed by atoms with Crippen molar-refractivity contribution in [2.24, 2.45) is 0 Å². The summed E-state index contributed by atoms with van der Waals surface area (Å²) in [7, 11) is 0. The van der Waals surface area contributed by atoms with Gasteiger partial charge in [-0.3, -0.25) is 4.98 Å². The first kappa shape index (κ1) is 17.1. The van der Waals surface area contributed by atoms with Crippen LogP contribution in [-0.2, 0) is 4.74 Å². The summed E-state index contributed by atoms with van der Waals surface area (Å²) in [6.45, 7) is 4.56. The number of pyridine rings is 1. The van der Waals surface area contributed by atoms with Gasteiger partial charge in [0.2, 0.25) is 11.9 Å². The fourth-order valence-corrected chi connectivity index (χ4v) is 3.33. The number of morpholine rings is 1. The summed E-state index contributed by atoms with van der Waals surface area (Å²) in [5.41, 5.74) is 0.306. The largest absolute Gasteiger partial charge is 0.378 e. The molecular formula is C18H23FN6O. The van der Waals surface area contributed by atoms with Gasteiger partial charge in [0.05, 0.1) is 18.8 Å². The number of hydrogen-bond acceptors (Lipinski definition) is 7. The highest BCUT2D eigenvalue weighted by Gasteiger charge is 2.21. The number of aromatic nitrogens is 4. The Morgan fingerprint density at radius 1 is 0.846 bits per heavy atom. The maximum absolute atomic E-state index is 14.3. The maximum Gasteiger partial charge on any atom is 0.230 e. The van der Waals surface area contributed by atoms with Gasteiger partial charge in [-0.25, -0.2) is 4.39 Å². The second kappa shape index (κ2) is 7.90. The Morgan fingerprint density at radius 3 is 2.15 bits per heavy atom. The van der Waals surface area contributed by atoms with E-state index in [2.05, 4.69) is 24.8 Å². The van der Waals surface area contributed by atoms with Crippen LogP contribution in [-0.4, -0.2) is 59.3 Å². The highest BCUT2D eigenvalue weighted by molar-refractivity contribution is 5.58. The molecule has 2 aliphatic rings. The number of ether oxygens (including phenoxy) is 1. The lowest BCUT2D eigenvalue weighted by Crippen LogP contribution is -2.38. The van der Waals surface area contributed by atoms with Gasteiger partial charge in [-0.2, -0.15) is 15.0 Å². The van der Waals surface area contributed by atoms with E-state index in [1.165, 1.54) is 31.3 Å². The van der Waals surface area contributed by atoms with E-state index in [-0.39, 0.29) is 5.82 Å². The van der Waals surface area contributed by atoms with E-state index >= 15 is 0 Å². The first-order chi connectivity index (χ1) is 12.8. The van der Waals surface area contributed by atoms with Gasteiger partial charge in [0, 0.05) is 38.6 Å². The average Bonchev–Trinajstić information content (AvgIpc) is 2.98. The van der Waals surface area contributed by atoms with Crippen molar-refractivity contribution in [2.45, 2.75) is 25.7 Å². The highest BCUT2D eigenvalue weighted by Crippen LogP contribution is 2.24. The van der Waals surface area contributed by atoms with Gasteiger partial charge < -0.3 is 14.5 Å². The summed E-state index contributed by atoms with van der Waals surface area (Å²) < 4.78 is 19.7. The quantitative estimate of drug-likeness (QED) is 0.834. The van der Waals surface area contributed by atoms with Gasteiger partial charge in [-0.15, -0.1) is 0 Å². The Labute approximate surface area is 152 Å². The maximum atomic E-state index is 14.3. The van der Waals surface area contributed by atoms with E-state index in [9.17, 15) is 4.39 Å². The van der Waals surface area contributed by atoms with Gasteiger partial charge in [0.1, 0.15) is 5.82 Å². The minimum atomic E-state index is -0.374. The van der Waals surface area contributed by atoms with Gasteiger partial charge in [-0.1, -0.05) is 12.8 Å². The third-order valence-corrected chi connectivity index (χ3v) is 4.80. The van der Waals surface area contributed by atoms with Crippen LogP contribution in [0.25, 0.3) is 11.4 Å². The zero-order valence-corrected chi connectivity index (χ0v) is 14.8. The van der Waals surface area contributed by atoms with Crippen LogP contribution in [0.5, 0.6) is 0 Å². The molecule has 0 saturated carbocycles. The minimum absolute atomic E-state index is 0.306. The molecule has 0 aromatic carbocycles. The Morgan fingerprint density at radius 2 is 1.50 bits per heavy atom. The van der Waals surface area contributed by atoms with Crippen molar-refractivity contribution in [2.75, 3.05) is 49.2 Å². The zero-order valence-electron chi connectivity index (χ0n) is 14.8. The normalized spacial score (nSPS) is 18.7. The molecule has 7 nitrogen and oxygen atoms in total. The molecule has 0 spiro atoms. The van der Waals surface area contributed by atoms with Gasteiger partial charge in [-0.05, 0) is 18.9 Å². The summed E-state index contributed by atoms with van der Waals surface area (Å²) >= 11 is 0. The van der Waals surface area contributed by atoms with E-state index in [4.69, 9.17) is 9.72 Å².